The van der Waals surface area contributed by atoms with E-state index in [4.69, 9.17) is 4.74 Å². The molecule has 0 aliphatic heterocycles. The van der Waals surface area contributed by atoms with Gasteiger partial charge in [-0.3, -0.25) is 0 Å². The maximum atomic E-state index is 11.7. The Morgan fingerprint density at radius 2 is 2.11 bits per heavy atom. The molecule has 0 unspecified atom stereocenters. The van der Waals surface area contributed by atoms with Gasteiger partial charge in [0.05, 0.1) is 12.6 Å². The van der Waals surface area contributed by atoms with Gasteiger partial charge in [0.2, 0.25) is 0 Å². The first-order valence-corrected chi connectivity index (χ1v) is 5.64. The van der Waals surface area contributed by atoms with Gasteiger partial charge in [0.15, 0.2) is 5.69 Å². The number of hydrogen-bond acceptors (Lipinski definition) is 4. The third-order valence-corrected chi connectivity index (χ3v) is 2.68. The van der Waals surface area contributed by atoms with Crippen LogP contribution in [0.4, 0.5) is 0 Å². The van der Waals surface area contributed by atoms with E-state index >= 15 is 0 Å². The molecule has 0 fully saturated rings. The van der Waals surface area contributed by atoms with E-state index in [1.807, 2.05) is 20.8 Å². The molecule has 2 heterocycles. The first-order chi connectivity index (χ1) is 8.34. The van der Waals surface area contributed by atoms with Crippen LogP contribution in [0.2, 0.25) is 0 Å². The summed E-state index contributed by atoms with van der Waals surface area (Å²) in [6.07, 6.45) is 1.70. The van der Waals surface area contributed by atoms with Gasteiger partial charge >= 0.3 is 5.97 Å². The van der Waals surface area contributed by atoms with Crippen LogP contribution in [0.15, 0.2) is 18.3 Å². The Kier molecular flexibility index (Phi) is 2.77. The van der Waals surface area contributed by atoms with Crippen molar-refractivity contribution in [3.05, 3.63) is 29.8 Å². The van der Waals surface area contributed by atoms with Gasteiger partial charge < -0.3 is 14.2 Å². The zero-order valence-corrected chi connectivity index (χ0v) is 10.9. The monoisotopic (exact) mass is 248 g/mol. The number of nitrogens with zero attached hydrogens (tertiary/aromatic N) is 2. The second-order valence-electron chi connectivity index (χ2n) is 5.17. The third-order valence-electron chi connectivity index (χ3n) is 2.68. The van der Waals surface area contributed by atoms with Crippen molar-refractivity contribution in [2.45, 2.75) is 26.2 Å². The number of rotatable bonds is 1. The van der Waals surface area contributed by atoms with E-state index < -0.39 is 5.97 Å². The molecule has 5 nitrogen and oxygen atoms in total. The Hall–Kier alpha value is -2.04. The molecular formula is C13H16N2O3. The predicted molar refractivity (Wildman–Crippen MR) is 66.9 cm³/mol. The van der Waals surface area contributed by atoms with Gasteiger partial charge in [-0.25, -0.2) is 9.78 Å². The number of fused-ring (bicyclic) bond motifs is 1. The molecule has 0 amide bonds. The van der Waals surface area contributed by atoms with Crippen LogP contribution < -0.4 is 0 Å². The average Bonchev–Trinajstić information content (AvgIpc) is 2.66. The van der Waals surface area contributed by atoms with E-state index in [1.165, 1.54) is 13.2 Å². The molecule has 96 valence electrons. The van der Waals surface area contributed by atoms with E-state index in [1.54, 1.807) is 16.7 Å². The molecular weight excluding hydrogens is 232 g/mol. The number of pyridine rings is 1. The fourth-order valence-electron chi connectivity index (χ4n) is 1.85. The highest BCUT2D eigenvalue weighted by Gasteiger charge is 2.25. The summed E-state index contributed by atoms with van der Waals surface area (Å²) < 4.78 is 6.51. The van der Waals surface area contributed by atoms with Crippen molar-refractivity contribution < 1.29 is 14.6 Å². The van der Waals surface area contributed by atoms with Crippen molar-refractivity contribution in [1.82, 2.24) is 9.38 Å². The quantitative estimate of drug-likeness (QED) is 0.785. The Balaban J connectivity index is 2.79. The lowest BCUT2D eigenvalue weighted by atomic mass is 9.96. The number of esters is 1. The molecule has 0 spiro atoms. The van der Waals surface area contributed by atoms with Crippen molar-refractivity contribution in [3.63, 3.8) is 0 Å². The molecule has 0 aliphatic rings. The SMILES string of the molecule is COC(=O)c1nc(C(C)(C)C)n2ccc(O)cc12. The third kappa shape index (κ3) is 1.92. The number of carbonyl (C=O) groups is 1. The predicted octanol–water partition coefficient (Wildman–Crippen LogP) is 2.12. The van der Waals surface area contributed by atoms with Gasteiger partial charge in [0, 0.05) is 17.7 Å². The lowest BCUT2D eigenvalue weighted by Gasteiger charge is -2.16. The first-order valence-electron chi connectivity index (χ1n) is 5.64. The molecule has 0 radical (unpaired) electrons. The Morgan fingerprint density at radius 3 is 2.67 bits per heavy atom. The zero-order chi connectivity index (χ0) is 13.5. The maximum absolute atomic E-state index is 11.7. The minimum absolute atomic E-state index is 0.0908. The highest BCUT2D eigenvalue weighted by Crippen LogP contribution is 2.26. The highest BCUT2D eigenvalue weighted by atomic mass is 16.5. The Labute approximate surface area is 105 Å². The Morgan fingerprint density at radius 1 is 1.44 bits per heavy atom. The fourth-order valence-corrected chi connectivity index (χ4v) is 1.85. The van der Waals surface area contributed by atoms with Crippen LogP contribution in [0, 0.1) is 0 Å². The fraction of sp³-hybridized carbons (Fsp3) is 0.385. The summed E-state index contributed by atoms with van der Waals surface area (Å²) >= 11 is 0. The largest absolute Gasteiger partial charge is 0.508 e. The molecule has 2 rings (SSSR count). The first kappa shape index (κ1) is 12.4. The van der Waals surface area contributed by atoms with Gasteiger partial charge in [0.1, 0.15) is 11.6 Å². The highest BCUT2D eigenvalue weighted by molar-refractivity contribution is 5.95. The van der Waals surface area contributed by atoms with Crippen LogP contribution in [-0.2, 0) is 10.2 Å². The van der Waals surface area contributed by atoms with Crippen LogP contribution in [0.1, 0.15) is 37.1 Å². The number of carbonyl (C=O) groups excluding carboxylic acids is 1. The summed E-state index contributed by atoms with van der Waals surface area (Å²) in [6, 6.07) is 3.07. The van der Waals surface area contributed by atoms with Gasteiger partial charge in [-0.2, -0.15) is 0 Å². The number of ether oxygens (including phenoxy) is 1. The van der Waals surface area contributed by atoms with Crippen LogP contribution in [0.5, 0.6) is 5.75 Å². The topological polar surface area (TPSA) is 63.8 Å². The summed E-state index contributed by atoms with van der Waals surface area (Å²) in [5, 5.41) is 9.53. The van der Waals surface area contributed by atoms with Crippen molar-refractivity contribution in [2.75, 3.05) is 7.11 Å². The second kappa shape index (κ2) is 4.01. The molecule has 2 aromatic heterocycles. The van der Waals surface area contributed by atoms with E-state index in [-0.39, 0.29) is 16.9 Å². The lowest BCUT2D eigenvalue weighted by Crippen LogP contribution is -2.16. The van der Waals surface area contributed by atoms with Crippen molar-refractivity contribution >= 4 is 11.5 Å². The van der Waals surface area contributed by atoms with Crippen LogP contribution in [-0.4, -0.2) is 27.6 Å². The smallest absolute Gasteiger partial charge is 0.358 e. The number of hydrogen-bond donors (Lipinski definition) is 1. The molecule has 0 bridgehead atoms. The molecule has 1 N–H and O–H groups in total. The van der Waals surface area contributed by atoms with Gasteiger partial charge in [-0.1, -0.05) is 20.8 Å². The number of methoxy groups -OCH3 is 1. The number of aromatic nitrogens is 2. The molecule has 18 heavy (non-hydrogen) atoms. The molecule has 0 atom stereocenters. The van der Waals surface area contributed by atoms with Crippen LogP contribution in [0.25, 0.3) is 5.52 Å². The van der Waals surface area contributed by atoms with Crippen molar-refractivity contribution in [3.8, 4) is 5.75 Å². The second-order valence-corrected chi connectivity index (χ2v) is 5.17. The minimum Gasteiger partial charge on any atom is -0.508 e. The summed E-state index contributed by atoms with van der Waals surface area (Å²) in [4.78, 5) is 16.0. The summed E-state index contributed by atoms with van der Waals surface area (Å²) in [7, 11) is 1.31. The molecule has 0 aliphatic carbocycles. The summed E-state index contributed by atoms with van der Waals surface area (Å²) in [6.45, 7) is 6.03. The zero-order valence-electron chi connectivity index (χ0n) is 10.9. The van der Waals surface area contributed by atoms with E-state index in [9.17, 15) is 9.90 Å². The van der Waals surface area contributed by atoms with Crippen LogP contribution in [0.3, 0.4) is 0 Å². The summed E-state index contributed by atoms with van der Waals surface area (Å²) in [5.74, 6) is 0.333. The average molecular weight is 248 g/mol. The Bertz CT molecular complexity index is 608. The van der Waals surface area contributed by atoms with E-state index in [0.717, 1.165) is 5.82 Å². The maximum Gasteiger partial charge on any atom is 0.358 e. The molecule has 0 saturated carbocycles. The lowest BCUT2D eigenvalue weighted by molar-refractivity contribution is 0.0596. The molecule has 2 aromatic rings. The number of imidazole rings is 1. The minimum atomic E-state index is -0.506. The van der Waals surface area contributed by atoms with Crippen molar-refractivity contribution in [1.29, 1.82) is 0 Å². The summed E-state index contributed by atoms with van der Waals surface area (Å²) in [5.41, 5.74) is 0.553. The molecule has 5 heteroatoms. The molecule has 0 saturated heterocycles. The van der Waals surface area contributed by atoms with E-state index in [2.05, 4.69) is 4.98 Å². The molecule has 0 aromatic carbocycles. The van der Waals surface area contributed by atoms with Crippen molar-refractivity contribution in [2.24, 2.45) is 0 Å². The van der Waals surface area contributed by atoms with Gasteiger partial charge in [0.25, 0.3) is 0 Å². The van der Waals surface area contributed by atoms with Gasteiger partial charge in [-0.15, -0.1) is 0 Å². The number of aromatic hydroxyl groups is 1. The standard InChI is InChI=1S/C13H16N2O3/c1-13(2,3)12-14-10(11(17)18-4)9-7-8(16)5-6-15(9)12/h5-7,16H,1-4H3. The van der Waals surface area contributed by atoms with Crippen LogP contribution >= 0.6 is 0 Å². The van der Waals surface area contributed by atoms with E-state index in [0.29, 0.717) is 5.52 Å². The normalized spacial score (nSPS) is 11.8. The van der Waals surface area contributed by atoms with Gasteiger partial charge in [-0.05, 0) is 6.07 Å².